The predicted molar refractivity (Wildman–Crippen MR) is 106 cm³/mol. The van der Waals surface area contributed by atoms with Crippen molar-refractivity contribution in [2.75, 3.05) is 27.8 Å². The van der Waals surface area contributed by atoms with Gasteiger partial charge in [-0.15, -0.1) is 0 Å². The van der Waals surface area contributed by atoms with Crippen LogP contribution < -0.4 is 9.47 Å². The Labute approximate surface area is 162 Å². The second-order valence-corrected chi connectivity index (χ2v) is 8.95. The van der Waals surface area contributed by atoms with E-state index in [9.17, 15) is 8.42 Å². The number of sulfonamides is 1. The molecule has 0 bridgehead atoms. The van der Waals surface area contributed by atoms with Gasteiger partial charge < -0.3 is 9.47 Å². The summed E-state index contributed by atoms with van der Waals surface area (Å²) in [5.41, 5.74) is 3.46. The first-order valence-electron chi connectivity index (χ1n) is 9.24. The van der Waals surface area contributed by atoms with Crippen LogP contribution in [0.4, 0.5) is 0 Å². The molecule has 0 radical (unpaired) electrons. The van der Waals surface area contributed by atoms with Gasteiger partial charge in [0.15, 0.2) is 11.5 Å². The molecule has 2 aromatic rings. The standard InChI is InChI=1S/C21H27NO4S/c1-22(13-12-16-8-11-20(25-2)21(14-16)26-3)27(23,24)19-10-9-17-6-4-5-7-18(17)15-19/h8-11,14-15H,4-7,12-13H2,1-3H3. The molecule has 0 aliphatic heterocycles. The number of ether oxygens (including phenoxy) is 2. The smallest absolute Gasteiger partial charge is 0.242 e. The summed E-state index contributed by atoms with van der Waals surface area (Å²) in [6.07, 6.45) is 4.93. The molecule has 0 spiro atoms. The molecule has 0 unspecified atom stereocenters. The third-order valence-electron chi connectivity index (χ3n) is 5.19. The molecule has 0 fully saturated rings. The van der Waals surface area contributed by atoms with Crippen LogP contribution >= 0.6 is 0 Å². The van der Waals surface area contributed by atoms with Crippen molar-refractivity contribution in [2.24, 2.45) is 0 Å². The van der Waals surface area contributed by atoms with E-state index >= 15 is 0 Å². The molecule has 1 aliphatic rings. The molecule has 3 rings (SSSR count). The fourth-order valence-corrected chi connectivity index (χ4v) is 4.72. The highest BCUT2D eigenvalue weighted by Crippen LogP contribution is 2.28. The molecular formula is C21H27NO4S. The first-order valence-corrected chi connectivity index (χ1v) is 10.7. The summed E-state index contributed by atoms with van der Waals surface area (Å²) in [6, 6.07) is 11.2. The lowest BCUT2D eigenvalue weighted by Crippen LogP contribution is -2.29. The molecule has 27 heavy (non-hydrogen) atoms. The van der Waals surface area contributed by atoms with Gasteiger partial charge in [-0.1, -0.05) is 12.1 Å². The van der Waals surface area contributed by atoms with E-state index in [-0.39, 0.29) is 0 Å². The normalized spacial score (nSPS) is 14.1. The largest absolute Gasteiger partial charge is 0.493 e. The maximum atomic E-state index is 12.9. The minimum atomic E-state index is -3.49. The van der Waals surface area contributed by atoms with Crippen molar-refractivity contribution in [1.29, 1.82) is 0 Å². The molecule has 0 saturated carbocycles. The first kappa shape index (κ1) is 19.7. The van der Waals surface area contributed by atoms with Gasteiger partial charge in [0.25, 0.3) is 0 Å². The quantitative estimate of drug-likeness (QED) is 0.728. The zero-order valence-electron chi connectivity index (χ0n) is 16.2. The average molecular weight is 390 g/mol. The number of methoxy groups -OCH3 is 2. The number of likely N-dealkylation sites (N-methyl/N-ethyl adjacent to an activating group) is 1. The zero-order chi connectivity index (χ0) is 19.4. The van der Waals surface area contributed by atoms with Crippen molar-refractivity contribution < 1.29 is 17.9 Å². The monoisotopic (exact) mass is 389 g/mol. The zero-order valence-corrected chi connectivity index (χ0v) is 17.0. The van der Waals surface area contributed by atoms with Crippen molar-refractivity contribution in [1.82, 2.24) is 4.31 Å². The van der Waals surface area contributed by atoms with E-state index in [4.69, 9.17) is 9.47 Å². The van der Waals surface area contributed by atoms with Crippen molar-refractivity contribution >= 4 is 10.0 Å². The summed E-state index contributed by atoms with van der Waals surface area (Å²) in [4.78, 5) is 0.387. The summed E-state index contributed by atoms with van der Waals surface area (Å²) in [5, 5.41) is 0. The third kappa shape index (κ3) is 4.28. The van der Waals surface area contributed by atoms with E-state index in [1.165, 1.54) is 21.9 Å². The number of fused-ring (bicyclic) bond motifs is 1. The second kappa shape index (κ2) is 8.31. The van der Waals surface area contributed by atoms with Crippen LogP contribution in [0.5, 0.6) is 11.5 Å². The molecule has 2 aromatic carbocycles. The SMILES string of the molecule is COc1ccc(CCN(C)S(=O)(=O)c2ccc3c(c2)CCCC3)cc1OC. The summed E-state index contributed by atoms with van der Waals surface area (Å²) >= 11 is 0. The molecule has 5 nitrogen and oxygen atoms in total. The van der Waals surface area contributed by atoms with E-state index in [1.807, 2.05) is 30.3 Å². The highest BCUT2D eigenvalue weighted by atomic mass is 32.2. The average Bonchev–Trinajstić information content (AvgIpc) is 2.71. The molecule has 0 aromatic heterocycles. The maximum Gasteiger partial charge on any atom is 0.242 e. The van der Waals surface area contributed by atoms with Crippen LogP contribution in [0.3, 0.4) is 0 Å². The summed E-state index contributed by atoms with van der Waals surface area (Å²) in [6.45, 7) is 0.398. The Balaban J connectivity index is 1.72. The topological polar surface area (TPSA) is 55.8 Å². The minimum absolute atomic E-state index is 0.387. The molecular weight excluding hydrogens is 362 g/mol. The van der Waals surface area contributed by atoms with E-state index in [2.05, 4.69) is 0 Å². The number of aryl methyl sites for hydroxylation is 2. The van der Waals surface area contributed by atoms with E-state index < -0.39 is 10.0 Å². The van der Waals surface area contributed by atoms with Crippen molar-refractivity contribution in [3.63, 3.8) is 0 Å². The van der Waals surface area contributed by atoms with Crippen LogP contribution in [0.1, 0.15) is 29.5 Å². The molecule has 0 atom stereocenters. The predicted octanol–water partition coefficient (Wildman–Crippen LogP) is 3.45. The van der Waals surface area contributed by atoms with E-state index in [0.717, 1.165) is 24.8 Å². The van der Waals surface area contributed by atoms with Gasteiger partial charge in [-0.3, -0.25) is 0 Å². The fraction of sp³-hybridized carbons (Fsp3) is 0.429. The third-order valence-corrected chi connectivity index (χ3v) is 7.04. The Hall–Kier alpha value is -2.05. The molecule has 1 aliphatic carbocycles. The van der Waals surface area contributed by atoms with Gasteiger partial charge in [-0.2, -0.15) is 0 Å². The Morgan fingerprint density at radius 3 is 2.33 bits per heavy atom. The Kier molecular flexibility index (Phi) is 6.07. The highest BCUT2D eigenvalue weighted by molar-refractivity contribution is 7.89. The number of nitrogens with zero attached hydrogens (tertiary/aromatic N) is 1. The summed E-state index contributed by atoms with van der Waals surface area (Å²) in [5.74, 6) is 1.31. The molecule has 0 amide bonds. The van der Waals surface area contributed by atoms with Gasteiger partial charge in [0, 0.05) is 13.6 Å². The van der Waals surface area contributed by atoms with Crippen molar-refractivity contribution in [2.45, 2.75) is 37.0 Å². The summed E-state index contributed by atoms with van der Waals surface area (Å²) in [7, 11) is 1.33. The highest BCUT2D eigenvalue weighted by Gasteiger charge is 2.22. The molecule has 146 valence electrons. The first-order chi connectivity index (χ1) is 13.0. The lowest BCUT2D eigenvalue weighted by Gasteiger charge is -2.20. The lowest BCUT2D eigenvalue weighted by atomic mass is 9.92. The van der Waals surface area contributed by atoms with E-state index in [1.54, 1.807) is 27.3 Å². The van der Waals surface area contributed by atoms with Crippen LogP contribution in [0.2, 0.25) is 0 Å². The number of hydrogen-bond acceptors (Lipinski definition) is 4. The Morgan fingerprint density at radius 1 is 0.926 bits per heavy atom. The molecule has 0 heterocycles. The van der Waals surface area contributed by atoms with Gasteiger partial charge in [-0.05, 0) is 73.1 Å². The van der Waals surface area contributed by atoms with E-state index in [0.29, 0.717) is 29.4 Å². The van der Waals surface area contributed by atoms with Gasteiger partial charge >= 0.3 is 0 Å². The Bertz CT molecular complexity index is 908. The van der Waals surface area contributed by atoms with Gasteiger partial charge in [0.05, 0.1) is 19.1 Å². The minimum Gasteiger partial charge on any atom is -0.493 e. The van der Waals surface area contributed by atoms with Crippen LogP contribution in [0, 0.1) is 0 Å². The molecule has 0 saturated heterocycles. The van der Waals surface area contributed by atoms with Crippen molar-refractivity contribution in [3.05, 3.63) is 53.1 Å². The van der Waals surface area contributed by atoms with Crippen LogP contribution in [0.15, 0.2) is 41.3 Å². The van der Waals surface area contributed by atoms with Crippen LogP contribution in [-0.2, 0) is 29.3 Å². The molecule has 0 N–H and O–H groups in total. The van der Waals surface area contributed by atoms with Crippen LogP contribution in [0.25, 0.3) is 0 Å². The van der Waals surface area contributed by atoms with Gasteiger partial charge in [-0.25, -0.2) is 12.7 Å². The maximum absolute atomic E-state index is 12.9. The molecule has 6 heteroatoms. The summed E-state index contributed by atoms with van der Waals surface area (Å²) < 4.78 is 37.9. The Morgan fingerprint density at radius 2 is 1.63 bits per heavy atom. The number of rotatable bonds is 7. The van der Waals surface area contributed by atoms with Crippen LogP contribution in [-0.4, -0.2) is 40.5 Å². The lowest BCUT2D eigenvalue weighted by molar-refractivity contribution is 0.354. The van der Waals surface area contributed by atoms with Gasteiger partial charge in [0.1, 0.15) is 0 Å². The van der Waals surface area contributed by atoms with Gasteiger partial charge in [0.2, 0.25) is 10.0 Å². The second-order valence-electron chi connectivity index (χ2n) is 6.90. The van der Waals surface area contributed by atoms with Crippen molar-refractivity contribution in [3.8, 4) is 11.5 Å². The number of hydrogen-bond donors (Lipinski definition) is 0. The fourth-order valence-electron chi connectivity index (χ4n) is 3.49. The number of benzene rings is 2.